The fourth-order valence-corrected chi connectivity index (χ4v) is 2.73. The third-order valence-corrected chi connectivity index (χ3v) is 3.82. The molecule has 6 heteroatoms. The molecule has 1 saturated heterocycles. The Labute approximate surface area is 115 Å². The van der Waals surface area contributed by atoms with E-state index in [1.54, 1.807) is 6.20 Å². The molecule has 2 aromatic rings. The van der Waals surface area contributed by atoms with Gasteiger partial charge in [0.2, 0.25) is 0 Å². The fraction of sp³-hybridized carbons (Fsp3) is 0.308. The van der Waals surface area contributed by atoms with Crippen molar-refractivity contribution in [1.29, 1.82) is 0 Å². The quantitative estimate of drug-likeness (QED) is 0.915. The van der Waals surface area contributed by atoms with Gasteiger partial charge in [0.15, 0.2) is 5.82 Å². The Kier molecular flexibility index (Phi) is 3.41. The number of hydrogen-bond donors (Lipinski definition) is 1. The number of anilines is 1. The van der Waals surface area contributed by atoms with Gasteiger partial charge in [-0.15, -0.1) is 0 Å². The van der Waals surface area contributed by atoms with Crippen LogP contribution in [0.25, 0.3) is 0 Å². The number of urea groups is 1. The average Bonchev–Trinajstić information content (AvgIpc) is 3.10. The standard InChI is InChI=1S/C13H14N4OS/c18-13(15-12-8-14-19-16-12)17-7-6-11(9-17)10-4-2-1-3-5-10/h1-5,8,11H,6-7,9H2,(H,15,16,18)/t11-/m1/s1. The monoisotopic (exact) mass is 274 g/mol. The van der Waals surface area contributed by atoms with Crippen molar-refractivity contribution >= 4 is 23.6 Å². The summed E-state index contributed by atoms with van der Waals surface area (Å²) in [5, 5.41) is 2.76. The number of rotatable bonds is 2. The van der Waals surface area contributed by atoms with Crippen molar-refractivity contribution in [1.82, 2.24) is 13.6 Å². The summed E-state index contributed by atoms with van der Waals surface area (Å²) in [6.45, 7) is 1.54. The highest BCUT2D eigenvalue weighted by Crippen LogP contribution is 2.27. The number of hydrogen-bond acceptors (Lipinski definition) is 4. The first-order chi connectivity index (χ1) is 9.33. The summed E-state index contributed by atoms with van der Waals surface area (Å²) in [5.74, 6) is 0.957. The van der Waals surface area contributed by atoms with Gasteiger partial charge in [0.25, 0.3) is 0 Å². The minimum Gasteiger partial charge on any atom is -0.324 e. The van der Waals surface area contributed by atoms with Crippen LogP contribution in [0.5, 0.6) is 0 Å². The van der Waals surface area contributed by atoms with Crippen molar-refractivity contribution in [2.24, 2.45) is 0 Å². The molecule has 1 aromatic heterocycles. The van der Waals surface area contributed by atoms with Crippen molar-refractivity contribution in [3.05, 3.63) is 42.1 Å². The van der Waals surface area contributed by atoms with Crippen molar-refractivity contribution < 1.29 is 4.79 Å². The van der Waals surface area contributed by atoms with Crippen molar-refractivity contribution in [3.63, 3.8) is 0 Å². The molecule has 5 nitrogen and oxygen atoms in total. The molecule has 0 saturated carbocycles. The Balaban J connectivity index is 1.61. The maximum absolute atomic E-state index is 12.0. The molecule has 0 spiro atoms. The second kappa shape index (κ2) is 5.36. The lowest BCUT2D eigenvalue weighted by Crippen LogP contribution is -2.32. The summed E-state index contributed by atoms with van der Waals surface area (Å²) in [4.78, 5) is 13.9. The zero-order valence-electron chi connectivity index (χ0n) is 10.3. The molecule has 0 bridgehead atoms. The first-order valence-electron chi connectivity index (χ1n) is 6.21. The van der Waals surface area contributed by atoms with Crippen molar-refractivity contribution in [3.8, 4) is 0 Å². The summed E-state index contributed by atoms with van der Waals surface area (Å²) in [6, 6.07) is 10.2. The number of carbonyl (C=O) groups excluding carboxylic acids is 1. The van der Waals surface area contributed by atoms with E-state index < -0.39 is 0 Å². The van der Waals surface area contributed by atoms with Gasteiger partial charge in [0.1, 0.15) is 0 Å². The van der Waals surface area contributed by atoms with Crippen LogP contribution in [-0.2, 0) is 0 Å². The lowest BCUT2D eigenvalue weighted by molar-refractivity contribution is 0.222. The van der Waals surface area contributed by atoms with Crippen LogP contribution in [0.15, 0.2) is 36.5 Å². The molecule has 0 unspecified atom stereocenters. The number of benzene rings is 1. The van der Waals surface area contributed by atoms with Crippen LogP contribution in [0.2, 0.25) is 0 Å². The SMILES string of the molecule is O=C(Nc1cnsn1)N1CC[C@@H](c2ccccc2)C1. The van der Waals surface area contributed by atoms with E-state index in [1.807, 2.05) is 23.1 Å². The van der Waals surface area contributed by atoms with Gasteiger partial charge < -0.3 is 4.90 Å². The summed E-state index contributed by atoms with van der Waals surface area (Å²) in [5.41, 5.74) is 1.30. The molecule has 1 aliphatic heterocycles. The number of nitrogens with zero attached hydrogens (tertiary/aromatic N) is 3. The van der Waals surface area contributed by atoms with Crippen LogP contribution in [-0.4, -0.2) is 32.8 Å². The molecule has 19 heavy (non-hydrogen) atoms. The number of nitrogens with one attached hydrogen (secondary N) is 1. The molecule has 1 atom stereocenters. The lowest BCUT2D eigenvalue weighted by Gasteiger charge is -2.16. The van der Waals surface area contributed by atoms with Gasteiger partial charge >= 0.3 is 6.03 Å². The van der Waals surface area contributed by atoms with E-state index in [-0.39, 0.29) is 6.03 Å². The normalized spacial score (nSPS) is 18.5. The molecular formula is C13H14N4OS. The average molecular weight is 274 g/mol. The summed E-state index contributed by atoms with van der Waals surface area (Å²) in [6.07, 6.45) is 2.57. The van der Waals surface area contributed by atoms with Crippen LogP contribution in [0, 0.1) is 0 Å². The van der Waals surface area contributed by atoms with E-state index in [0.717, 1.165) is 31.2 Å². The molecule has 2 amide bonds. The molecule has 2 heterocycles. The molecule has 3 rings (SSSR count). The number of likely N-dealkylation sites (tertiary alicyclic amines) is 1. The van der Waals surface area contributed by atoms with Gasteiger partial charge in [-0.05, 0) is 12.0 Å². The van der Waals surface area contributed by atoms with E-state index in [4.69, 9.17) is 0 Å². The molecule has 1 fully saturated rings. The Morgan fingerprint density at radius 1 is 1.37 bits per heavy atom. The summed E-state index contributed by atoms with van der Waals surface area (Å²) >= 11 is 1.09. The Bertz CT molecular complexity index is 543. The third-order valence-electron chi connectivity index (χ3n) is 3.34. The van der Waals surface area contributed by atoms with Gasteiger partial charge in [0, 0.05) is 19.0 Å². The molecule has 1 aromatic carbocycles. The summed E-state index contributed by atoms with van der Waals surface area (Å²) < 4.78 is 7.84. The zero-order chi connectivity index (χ0) is 13.1. The van der Waals surface area contributed by atoms with Gasteiger partial charge in [-0.1, -0.05) is 30.3 Å². The molecule has 0 aliphatic carbocycles. The third kappa shape index (κ3) is 2.73. The maximum atomic E-state index is 12.0. The van der Waals surface area contributed by atoms with E-state index in [2.05, 4.69) is 26.2 Å². The lowest BCUT2D eigenvalue weighted by atomic mass is 9.99. The number of aromatic nitrogens is 2. The molecule has 98 valence electrons. The van der Waals surface area contributed by atoms with Crippen LogP contribution in [0.3, 0.4) is 0 Å². The van der Waals surface area contributed by atoms with Gasteiger partial charge in [0.05, 0.1) is 17.9 Å². The van der Waals surface area contributed by atoms with Gasteiger partial charge in [-0.2, -0.15) is 8.75 Å². The highest BCUT2D eigenvalue weighted by Gasteiger charge is 2.27. The Hall–Kier alpha value is -1.95. The highest BCUT2D eigenvalue weighted by atomic mass is 32.1. The van der Waals surface area contributed by atoms with Crippen LogP contribution >= 0.6 is 11.7 Å². The topological polar surface area (TPSA) is 58.1 Å². The van der Waals surface area contributed by atoms with Gasteiger partial charge in [-0.3, -0.25) is 5.32 Å². The maximum Gasteiger partial charge on any atom is 0.323 e. The second-order valence-electron chi connectivity index (χ2n) is 4.57. The van der Waals surface area contributed by atoms with Crippen molar-refractivity contribution in [2.45, 2.75) is 12.3 Å². The fourth-order valence-electron chi connectivity index (χ4n) is 2.35. The smallest absolute Gasteiger partial charge is 0.323 e. The highest BCUT2D eigenvalue weighted by molar-refractivity contribution is 6.99. The zero-order valence-corrected chi connectivity index (χ0v) is 11.1. The van der Waals surface area contributed by atoms with Gasteiger partial charge in [-0.25, -0.2) is 4.79 Å². The van der Waals surface area contributed by atoms with E-state index >= 15 is 0 Å². The second-order valence-corrected chi connectivity index (χ2v) is 5.12. The molecule has 1 N–H and O–H groups in total. The predicted molar refractivity (Wildman–Crippen MR) is 74.3 cm³/mol. The summed E-state index contributed by atoms with van der Waals surface area (Å²) in [7, 11) is 0. The molecular weight excluding hydrogens is 260 g/mol. The predicted octanol–water partition coefficient (Wildman–Crippen LogP) is 2.56. The molecule has 1 aliphatic rings. The van der Waals surface area contributed by atoms with Crippen molar-refractivity contribution in [2.75, 3.05) is 18.4 Å². The first kappa shape index (κ1) is 12.1. The minimum atomic E-state index is -0.0915. The Morgan fingerprint density at radius 2 is 2.21 bits per heavy atom. The van der Waals surface area contributed by atoms with E-state index in [1.165, 1.54) is 5.56 Å². The number of amides is 2. The van der Waals surface area contributed by atoms with Crippen LogP contribution < -0.4 is 5.32 Å². The van der Waals surface area contributed by atoms with E-state index in [0.29, 0.717) is 11.7 Å². The largest absolute Gasteiger partial charge is 0.324 e. The van der Waals surface area contributed by atoms with E-state index in [9.17, 15) is 4.79 Å². The minimum absolute atomic E-state index is 0.0915. The number of carbonyl (C=O) groups is 1. The molecule has 0 radical (unpaired) electrons. The first-order valence-corrected chi connectivity index (χ1v) is 6.94. The Morgan fingerprint density at radius 3 is 2.95 bits per heavy atom. The van der Waals surface area contributed by atoms with Crippen LogP contribution in [0.4, 0.5) is 10.6 Å². The van der Waals surface area contributed by atoms with Crippen LogP contribution in [0.1, 0.15) is 17.9 Å².